The molecule has 2 unspecified atom stereocenters. The first-order chi connectivity index (χ1) is 8.72. The van der Waals surface area contributed by atoms with Crippen molar-refractivity contribution in [2.45, 2.75) is 64.8 Å². The minimum Gasteiger partial charge on any atom is -0.353 e. The molecular formula is C14H30N2O2. The average Bonchev–Trinajstić information content (AvgIpc) is 2.37. The zero-order valence-corrected chi connectivity index (χ0v) is 12.2. The Labute approximate surface area is 112 Å². The van der Waals surface area contributed by atoms with E-state index in [-0.39, 0.29) is 6.29 Å². The Bertz CT molecular complexity index is 208. The van der Waals surface area contributed by atoms with Gasteiger partial charge in [0.2, 0.25) is 0 Å². The van der Waals surface area contributed by atoms with Crippen molar-refractivity contribution in [3.05, 3.63) is 0 Å². The summed E-state index contributed by atoms with van der Waals surface area (Å²) in [4.78, 5) is 2.54. The summed E-state index contributed by atoms with van der Waals surface area (Å²) in [6.45, 7) is 9.53. The summed E-state index contributed by atoms with van der Waals surface area (Å²) in [7, 11) is 0. The van der Waals surface area contributed by atoms with Gasteiger partial charge >= 0.3 is 0 Å². The van der Waals surface area contributed by atoms with Crippen molar-refractivity contribution < 1.29 is 9.47 Å². The van der Waals surface area contributed by atoms with E-state index in [1.807, 2.05) is 13.8 Å². The Morgan fingerprint density at radius 3 is 2.44 bits per heavy atom. The third kappa shape index (κ3) is 4.84. The van der Waals surface area contributed by atoms with Crippen LogP contribution in [0.3, 0.4) is 0 Å². The molecule has 0 amide bonds. The number of hydrogen-bond acceptors (Lipinski definition) is 4. The number of hydrogen-bond donors (Lipinski definition) is 1. The largest absolute Gasteiger partial charge is 0.353 e. The Hall–Kier alpha value is -0.160. The highest BCUT2D eigenvalue weighted by atomic mass is 16.7. The molecule has 1 aliphatic heterocycles. The molecule has 0 saturated carbocycles. The smallest absolute Gasteiger partial charge is 0.158 e. The minimum absolute atomic E-state index is 0.0625. The number of likely N-dealkylation sites (tertiary alicyclic amines) is 1. The molecule has 1 heterocycles. The van der Waals surface area contributed by atoms with Crippen LogP contribution in [0.5, 0.6) is 0 Å². The van der Waals surface area contributed by atoms with E-state index in [0.29, 0.717) is 25.3 Å². The van der Waals surface area contributed by atoms with Gasteiger partial charge in [0.15, 0.2) is 6.29 Å². The standard InChI is InChI=1S/C14H30N2O2/c1-4-17-14(18-5-2)9-10-16-12(3)7-6-8-13(16)11-15/h12-14H,4-11,15H2,1-3H3. The van der Waals surface area contributed by atoms with Crippen LogP contribution in [0, 0.1) is 0 Å². The van der Waals surface area contributed by atoms with Crippen LogP contribution in [-0.4, -0.2) is 49.6 Å². The summed E-state index contributed by atoms with van der Waals surface area (Å²) >= 11 is 0. The Kier molecular flexibility index (Phi) is 7.82. The fraction of sp³-hybridized carbons (Fsp3) is 1.00. The lowest BCUT2D eigenvalue weighted by Gasteiger charge is -2.40. The maximum absolute atomic E-state index is 5.88. The second kappa shape index (κ2) is 8.86. The molecule has 0 aromatic rings. The van der Waals surface area contributed by atoms with Gasteiger partial charge in [-0.15, -0.1) is 0 Å². The molecule has 4 heteroatoms. The minimum atomic E-state index is -0.0625. The van der Waals surface area contributed by atoms with Gasteiger partial charge in [-0.3, -0.25) is 4.90 Å². The second-order valence-electron chi connectivity index (χ2n) is 5.04. The molecule has 0 aromatic heterocycles. The van der Waals surface area contributed by atoms with Crippen LogP contribution in [0.1, 0.15) is 46.5 Å². The first-order valence-corrected chi connectivity index (χ1v) is 7.41. The molecule has 2 N–H and O–H groups in total. The summed E-state index contributed by atoms with van der Waals surface area (Å²) in [5, 5.41) is 0. The first kappa shape index (κ1) is 15.9. The molecule has 108 valence electrons. The molecule has 0 aliphatic carbocycles. The van der Waals surface area contributed by atoms with E-state index in [1.165, 1.54) is 19.3 Å². The molecule has 0 aromatic carbocycles. The van der Waals surface area contributed by atoms with E-state index in [1.54, 1.807) is 0 Å². The van der Waals surface area contributed by atoms with Gasteiger partial charge in [0.25, 0.3) is 0 Å². The van der Waals surface area contributed by atoms with Gasteiger partial charge in [0, 0.05) is 44.8 Å². The van der Waals surface area contributed by atoms with E-state index in [0.717, 1.165) is 19.5 Å². The Morgan fingerprint density at radius 1 is 1.22 bits per heavy atom. The molecule has 0 spiro atoms. The molecule has 1 fully saturated rings. The molecule has 18 heavy (non-hydrogen) atoms. The van der Waals surface area contributed by atoms with Gasteiger partial charge < -0.3 is 15.2 Å². The van der Waals surface area contributed by atoms with Crippen molar-refractivity contribution >= 4 is 0 Å². The monoisotopic (exact) mass is 258 g/mol. The van der Waals surface area contributed by atoms with Gasteiger partial charge in [0.05, 0.1) is 0 Å². The number of nitrogens with two attached hydrogens (primary N) is 1. The lowest BCUT2D eigenvalue weighted by atomic mass is 9.96. The van der Waals surface area contributed by atoms with Crippen molar-refractivity contribution in [3.63, 3.8) is 0 Å². The zero-order valence-electron chi connectivity index (χ0n) is 12.2. The van der Waals surface area contributed by atoms with Crippen LogP contribution in [-0.2, 0) is 9.47 Å². The third-order valence-corrected chi connectivity index (χ3v) is 3.79. The maximum Gasteiger partial charge on any atom is 0.158 e. The van der Waals surface area contributed by atoms with Crippen molar-refractivity contribution in [2.75, 3.05) is 26.3 Å². The molecule has 0 radical (unpaired) electrons. The predicted octanol–water partition coefficient (Wildman–Crippen LogP) is 1.98. The fourth-order valence-electron chi connectivity index (χ4n) is 2.84. The fourth-order valence-corrected chi connectivity index (χ4v) is 2.84. The number of piperidine rings is 1. The number of nitrogens with zero attached hydrogens (tertiary/aromatic N) is 1. The predicted molar refractivity (Wildman–Crippen MR) is 74.5 cm³/mol. The topological polar surface area (TPSA) is 47.7 Å². The quantitative estimate of drug-likeness (QED) is 0.676. The van der Waals surface area contributed by atoms with E-state index in [2.05, 4.69) is 11.8 Å². The van der Waals surface area contributed by atoms with E-state index < -0.39 is 0 Å². The van der Waals surface area contributed by atoms with Crippen LogP contribution in [0.25, 0.3) is 0 Å². The van der Waals surface area contributed by atoms with Crippen LogP contribution < -0.4 is 5.73 Å². The molecule has 4 nitrogen and oxygen atoms in total. The average molecular weight is 258 g/mol. The lowest BCUT2D eigenvalue weighted by molar-refractivity contribution is -0.143. The molecule has 1 saturated heterocycles. The van der Waals surface area contributed by atoms with Gasteiger partial charge in [-0.2, -0.15) is 0 Å². The maximum atomic E-state index is 5.88. The summed E-state index contributed by atoms with van der Waals surface area (Å²) in [5.74, 6) is 0. The highest BCUT2D eigenvalue weighted by molar-refractivity contribution is 4.82. The molecular weight excluding hydrogens is 228 g/mol. The van der Waals surface area contributed by atoms with E-state index in [4.69, 9.17) is 15.2 Å². The Balaban J connectivity index is 2.41. The van der Waals surface area contributed by atoms with Crippen molar-refractivity contribution in [2.24, 2.45) is 5.73 Å². The van der Waals surface area contributed by atoms with Crippen molar-refractivity contribution in [3.8, 4) is 0 Å². The van der Waals surface area contributed by atoms with Gasteiger partial charge in [0.1, 0.15) is 0 Å². The summed E-state index contributed by atoms with van der Waals surface area (Å²) < 4.78 is 11.2. The molecule has 1 rings (SSSR count). The third-order valence-electron chi connectivity index (χ3n) is 3.79. The second-order valence-corrected chi connectivity index (χ2v) is 5.04. The SMILES string of the molecule is CCOC(CCN1C(C)CCCC1CN)OCC. The van der Waals surface area contributed by atoms with Gasteiger partial charge in [-0.25, -0.2) is 0 Å². The van der Waals surface area contributed by atoms with Crippen molar-refractivity contribution in [1.29, 1.82) is 0 Å². The Morgan fingerprint density at radius 2 is 1.89 bits per heavy atom. The highest BCUT2D eigenvalue weighted by Gasteiger charge is 2.27. The molecule has 2 atom stereocenters. The zero-order chi connectivity index (χ0) is 13.4. The summed E-state index contributed by atoms with van der Waals surface area (Å²) in [5.41, 5.74) is 5.88. The lowest BCUT2D eigenvalue weighted by Crippen LogP contribution is -2.49. The van der Waals surface area contributed by atoms with Crippen LogP contribution >= 0.6 is 0 Å². The van der Waals surface area contributed by atoms with Crippen LogP contribution in [0.2, 0.25) is 0 Å². The summed E-state index contributed by atoms with van der Waals surface area (Å²) in [6, 6.07) is 1.17. The normalized spacial score (nSPS) is 25.8. The van der Waals surface area contributed by atoms with Gasteiger partial charge in [-0.1, -0.05) is 6.42 Å². The number of rotatable bonds is 8. The summed E-state index contributed by atoms with van der Waals surface area (Å²) in [6.07, 6.45) is 4.69. The number of ether oxygens (including phenoxy) is 2. The van der Waals surface area contributed by atoms with E-state index in [9.17, 15) is 0 Å². The van der Waals surface area contributed by atoms with Crippen LogP contribution in [0.15, 0.2) is 0 Å². The van der Waals surface area contributed by atoms with Gasteiger partial charge in [-0.05, 0) is 33.6 Å². The molecule has 1 aliphatic rings. The first-order valence-electron chi connectivity index (χ1n) is 7.41. The molecule has 0 bridgehead atoms. The van der Waals surface area contributed by atoms with Crippen LogP contribution in [0.4, 0.5) is 0 Å². The highest BCUT2D eigenvalue weighted by Crippen LogP contribution is 2.22. The van der Waals surface area contributed by atoms with Crippen molar-refractivity contribution in [1.82, 2.24) is 4.90 Å². The van der Waals surface area contributed by atoms with E-state index >= 15 is 0 Å².